The van der Waals surface area contributed by atoms with Gasteiger partial charge in [0, 0.05) is 30.1 Å². The van der Waals surface area contributed by atoms with Gasteiger partial charge >= 0.3 is 0 Å². The van der Waals surface area contributed by atoms with Crippen LogP contribution < -0.4 is 4.72 Å². The second kappa shape index (κ2) is 6.61. The number of sulfonamides is 1. The molecule has 0 bridgehead atoms. The largest absolute Gasteiger partial charge is 0.300 e. The Kier molecular flexibility index (Phi) is 4.35. The van der Waals surface area contributed by atoms with E-state index in [1.165, 1.54) is 0 Å². The maximum atomic E-state index is 11.5. The van der Waals surface area contributed by atoms with Crippen LogP contribution in [0, 0.1) is 6.92 Å². The van der Waals surface area contributed by atoms with E-state index < -0.39 is 10.0 Å². The molecule has 0 saturated heterocycles. The molecule has 4 aromatic heterocycles. The van der Waals surface area contributed by atoms with Crippen molar-refractivity contribution in [2.45, 2.75) is 6.92 Å². The van der Waals surface area contributed by atoms with Crippen molar-refractivity contribution in [1.29, 1.82) is 0 Å². The Bertz CT molecular complexity index is 1310. The van der Waals surface area contributed by atoms with Crippen LogP contribution >= 0.6 is 11.6 Å². The summed E-state index contributed by atoms with van der Waals surface area (Å²) in [4.78, 5) is 8.50. The highest BCUT2D eigenvalue weighted by Gasteiger charge is 2.13. The van der Waals surface area contributed by atoms with E-state index in [1.54, 1.807) is 18.3 Å². The topological polar surface area (TPSA) is 94.2 Å². The third-order valence-electron chi connectivity index (χ3n) is 4.44. The van der Waals surface area contributed by atoms with Crippen LogP contribution in [-0.4, -0.2) is 38.8 Å². The number of nitrogens with zero attached hydrogens (tertiary/aromatic N) is 5. The Morgan fingerprint density at radius 2 is 1.93 bits per heavy atom. The normalized spacial score (nSPS) is 11.9. The van der Waals surface area contributed by atoms with Gasteiger partial charge in [0.1, 0.15) is 16.6 Å². The van der Waals surface area contributed by atoms with Crippen LogP contribution in [0.15, 0.2) is 42.9 Å². The second-order valence-corrected chi connectivity index (χ2v) is 8.63. The van der Waals surface area contributed by atoms with Gasteiger partial charge in [-0.15, -0.1) is 0 Å². The molecule has 0 aliphatic carbocycles. The van der Waals surface area contributed by atoms with Gasteiger partial charge in [0.05, 0.1) is 24.3 Å². The van der Waals surface area contributed by atoms with Crippen LogP contribution in [0.4, 0.5) is 5.82 Å². The van der Waals surface area contributed by atoms with Gasteiger partial charge in [0.15, 0.2) is 0 Å². The molecule has 0 spiro atoms. The predicted octanol–water partition coefficient (Wildman–Crippen LogP) is 3.13. The fraction of sp³-hybridized carbons (Fsp3) is 0.167. The number of nitrogens with one attached hydrogen (secondary N) is 1. The minimum Gasteiger partial charge on any atom is -0.300 e. The molecular weight excluding hydrogens is 400 g/mol. The summed E-state index contributed by atoms with van der Waals surface area (Å²) in [6.45, 7) is 2.01. The lowest BCUT2D eigenvalue weighted by atomic mass is 10.1. The van der Waals surface area contributed by atoms with Crippen molar-refractivity contribution in [2.24, 2.45) is 7.05 Å². The number of rotatable bonds is 4. The molecule has 0 unspecified atom stereocenters. The Morgan fingerprint density at radius 1 is 1.14 bits per heavy atom. The van der Waals surface area contributed by atoms with Gasteiger partial charge in [-0.1, -0.05) is 11.6 Å². The number of aryl methyl sites for hydroxylation is 1. The zero-order valence-electron chi connectivity index (χ0n) is 15.4. The predicted molar refractivity (Wildman–Crippen MR) is 109 cm³/mol. The minimum absolute atomic E-state index is 0.155. The van der Waals surface area contributed by atoms with E-state index >= 15 is 0 Å². The van der Waals surface area contributed by atoms with Crippen molar-refractivity contribution >= 4 is 33.1 Å². The third kappa shape index (κ3) is 3.46. The summed E-state index contributed by atoms with van der Waals surface area (Å²) < 4.78 is 29.1. The number of imidazole rings is 1. The number of pyridine rings is 2. The maximum Gasteiger partial charge on any atom is 0.230 e. The van der Waals surface area contributed by atoms with Crippen molar-refractivity contribution in [3.05, 3.63) is 53.7 Å². The van der Waals surface area contributed by atoms with E-state index in [-0.39, 0.29) is 11.0 Å². The van der Waals surface area contributed by atoms with Crippen LogP contribution in [0.2, 0.25) is 5.15 Å². The minimum atomic E-state index is -3.46. The standard InChI is InChI=1S/C18H17ClN6O2S/c1-11-14(9-21-24(11)2)12-4-5-25-15(10-20-18(25)8-12)13-6-16(19)22-17(7-13)23-28(3,26)27/h4-10H,1-3H3,(H,22,23). The average molecular weight is 417 g/mol. The number of hydrogen-bond acceptors (Lipinski definition) is 5. The lowest BCUT2D eigenvalue weighted by Crippen LogP contribution is -2.11. The molecule has 1 N–H and O–H groups in total. The Balaban J connectivity index is 1.79. The average Bonchev–Trinajstić information content (AvgIpc) is 3.16. The van der Waals surface area contributed by atoms with Gasteiger partial charge in [-0.25, -0.2) is 18.4 Å². The van der Waals surface area contributed by atoms with E-state index in [1.807, 2.05) is 47.6 Å². The molecule has 28 heavy (non-hydrogen) atoms. The molecule has 4 heterocycles. The molecule has 0 fully saturated rings. The van der Waals surface area contributed by atoms with Crippen molar-refractivity contribution in [3.63, 3.8) is 0 Å². The SMILES string of the molecule is Cc1c(-c2ccn3c(-c4cc(Cl)nc(NS(C)(=O)=O)c4)cnc3c2)cnn1C. The van der Waals surface area contributed by atoms with Gasteiger partial charge in [0.25, 0.3) is 0 Å². The molecule has 0 aliphatic heterocycles. The summed E-state index contributed by atoms with van der Waals surface area (Å²) in [5.74, 6) is 0.155. The highest BCUT2D eigenvalue weighted by Crippen LogP contribution is 2.29. The van der Waals surface area contributed by atoms with Gasteiger partial charge in [-0.2, -0.15) is 5.10 Å². The van der Waals surface area contributed by atoms with Crippen LogP contribution in [-0.2, 0) is 17.1 Å². The molecule has 0 saturated carbocycles. The quantitative estimate of drug-likeness (QED) is 0.516. The van der Waals surface area contributed by atoms with E-state index in [0.717, 1.165) is 34.4 Å². The first-order valence-electron chi connectivity index (χ1n) is 8.33. The zero-order chi connectivity index (χ0) is 20.1. The molecule has 0 radical (unpaired) electrons. The van der Waals surface area contributed by atoms with Crippen LogP contribution in [0.25, 0.3) is 28.0 Å². The van der Waals surface area contributed by atoms with Gasteiger partial charge in [-0.05, 0) is 36.8 Å². The van der Waals surface area contributed by atoms with Crippen LogP contribution in [0.3, 0.4) is 0 Å². The number of anilines is 1. The van der Waals surface area contributed by atoms with Gasteiger partial charge in [-0.3, -0.25) is 13.8 Å². The summed E-state index contributed by atoms with van der Waals surface area (Å²) >= 11 is 6.09. The summed E-state index contributed by atoms with van der Waals surface area (Å²) in [6, 6.07) is 7.25. The molecule has 4 aromatic rings. The molecule has 0 aromatic carbocycles. The first-order chi connectivity index (χ1) is 13.2. The molecule has 4 rings (SSSR count). The number of halogens is 1. The zero-order valence-corrected chi connectivity index (χ0v) is 17.0. The molecule has 144 valence electrons. The fourth-order valence-electron chi connectivity index (χ4n) is 3.03. The lowest BCUT2D eigenvalue weighted by Gasteiger charge is -2.08. The summed E-state index contributed by atoms with van der Waals surface area (Å²) in [7, 11) is -1.56. The third-order valence-corrected chi connectivity index (χ3v) is 5.21. The van der Waals surface area contributed by atoms with E-state index in [0.29, 0.717) is 5.56 Å². The Hall–Kier alpha value is -2.91. The van der Waals surface area contributed by atoms with E-state index in [2.05, 4.69) is 19.8 Å². The van der Waals surface area contributed by atoms with Crippen LogP contribution in [0.1, 0.15) is 5.69 Å². The molecule has 0 aliphatic rings. The van der Waals surface area contributed by atoms with E-state index in [9.17, 15) is 8.42 Å². The molecule has 0 amide bonds. The first-order valence-corrected chi connectivity index (χ1v) is 10.6. The number of hydrogen-bond donors (Lipinski definition) is 1. The monoisotopic (exact) mass is 416 g/mol. The molecule has 0 atom stereocenters. The van der Waals surface area contributed by atoms with Crippen LogP contribution in [0.5, 0.6) is 0 Å². The van der Waals surface area contributed by atoms with Crippen molar-refractivity contribution in [1.82, 2.24) is 24.1 Å². The lowest BCUT2D eigenvalue weighted by molar-refractivity contribution is 0.606. The summed E-state index contributed by atoms with van der Waals surface area (Å²) in [6.07, 6.45) is 6.52. The van der Waals surface area contributed by atoms with E-state index in [4.69, 9.17) is 11.6 Å². The van der Waals surface area contributed by atoms with Gasteiger partial charge < -0.3 is 0 Å². The maximum absolute atomic E-state index is 11.5. The summed E-state index contributed by atoms with van der Waals surface area (Å²) in [5.41, 5.74) is 5.34. The molecule has 8 nitrogen and oxygen atoms in total. The van der Waals surface area contributed by atoms with Gasteiger partial charge in [0.2, 0.25) is 10.0 Å². The summed E-state index contributed by atoms with van der Waals surface area (Å²) in [5, 5.41) is 4.47. The smallest absolute Gasteiger partial charge is 0.230 e. The highest BCUT2D eigenvalue weighted by atomic mass is 35.5. The Labute approximate surface area is 166 Å². The fourth-order valence-corrected chi connectivity index (χ4v) is 3.72. The number of aromatic nitrogens is 5. The highest BCUT2D eigenvalue weighted by molar-refractivity contribution is 7.92. The Morgan fingerprint density at radius 3 is 2.61 bits per heavy atom. The molecule has 10 heteroatoms. The van der Waals surface area contributed by atoms with Crippen molar-refractivity contribution in [3.8, 4) is 22.4 Å². The number of fused-ring (bicyclic) bond motifs is 1. The van der Waals surface area contributed by atoms with Crippen molar-refractivity contribution < 1.29 is 8.42 Å². The van der Waals surface area contributed by atoms with Crippen molar-refractivity contribution in [2.75, 3.05) is 11.0 Å². The molecular formula is C18H17ClN6O2S. The first kappa shape index (κ1) is 18.5. The second-order valence-electron chi connectivity index (χ2n) is 6.49.